The number of aliphatic carboxylic acids is 1. The third kappa shape index (κ3) is 3.19. The highest BCUT2D eigenvalue weighted by Crippen LogP contribution is 2.54. The zero-order chi connectivity index (χ0) is 19.2. The largest absolute Gasteiger partial charge is 0.496 e. The standard InChI is InChI=1S/C20H26N2O5/c1-12-3-4-16(26-2)13(7-12)19(25)21-8-14-15-9-22(10-18(23)24)11-20(15)6-5-17(14)27-20/h3-4,7,14-15,17H,5-6,8-11H2,1-2H3,(H,21,25)(H,23,24)/t14-,15+,17+,20+/m0/s1. The van der Waals surface area contributed by atoms with E-state index in [2.05, 4.69) is 5.32 Å². The Morgan fingerprint density at radius 1 is 1.44 bits per heavy atom. The normalized spacial score (nSPS) is 31.7. The maximum atomic E-state index is 12.7. The second kappa shape index (κ2) is 6.80. The molecule has 1 spiro atoms. The van der Waals surface area contributed by atoms with Crippen molar-refractivity contribution in [1.82, 2.24) is 10.2 Å². The van der Waals surface area contributed by atoms with Gasteiger partial charge in [-0.15, -0.1) is 0 Å². The smallest absolute Gasteiger partial charge is 0.317 e. The van der Waals surface area contributed by atoms with Crippen LogP contribution in [-0.2, 0) is 9.53 Å². The van der Waals surface area contributed by atoms with Crippen molar-refractivity contribution in [2.24, 2.45) is 11.8 Å². The Morgan fingerprint density at radius 2 is 2.26 bits per heavy atom. The minimum absolute atomic E-state index is 0.0475. The molecule has 7 heteroatoms. The number of nitrogens with zero attached hydrogens (tertiary/aromatic N) is 1. The number of hydrogen-bond donors (Lipinski definition) is 2. The quantitative estimate of drug-likeness (QED) is 0.780. The molecular weight excluding hydrogens is 348 g/mol. The zero-order valence-corrected chi connectivity index (χ0v) is 15.7. The van der Waals surface area contributed by atoms with Gasteiger partial charge < -0.3 is 19.9 Å². The Kier molecular flexibility index (Phi) is 4.60. The van der Waals surface area contributed by atoms with Crippen LogP contribution in [0.25, 0.3) is 0 Å². The molecule has 3 fully saturated rings. The van der Waals surface area contributed by atoms with E-state index in [9.17, 15) is 9.59 Å². The number of carbonyl (C=O) groups is 2. The number of benzene rings is 1. The van der Waals surface area contributed by atoms with E-state index in [0.29, 0.717) is 24.4 Å². The van der Waals surface area contributed by atoms with Gasteiger partial charge in [-0.05, 0) is 31.9 Å². The predicted molar refractivity (Wildman–Crippen MR) is 98.0 cm³/mol. The van der Waals surface area contributed by atoms with Crippen LogP contribution in [0.1, 0.15) is 28.8 Å². The van der Waals surface area contributed by atoms with Gasteiger partial charge in [0.05, 0.1) is 30.9 Å². The van der Waals surface area contributed by atoms with Crippen LogP contribution in [0.5, 0.6) is 5.75 Å². The average molecular weight is 374 g/mol. The van der Waals surface area contributed by atoms with E-state index in [4.69, 9.17) is 14.6 Å². The lowest BCUT2D eigenvalue weighted by Gasteiger charge is -2.29. The van der Waals surface area contributed by atoms with E-state index >= 15 is 0 Å². The molecule has 0 aliphatic carbocycles. The molecule has 27 heavy (non-hydrogen) atoms. The SMILES string of the molecule is COc1ccc(C)cc1C(=O)NC[C@H]1[C@H]2CN(CC(=O)O)C[C@]23CC[C@H]1O3. The van der Waals surface area contributed by atoms with Crippen LogP contribution in [0.2, 0.25) is 0 Å². The summed E-state index contributed by atoms with van der Waals surface area (Å²) in [5, 5.41) is 12.2. The van der Waals surface area contributed by atoms with Gasteiger partial charge in [0.25, 0.3) is 5.91 Å². The maximum Gasteiger partial charge on any atom is 0.317 e. The predicted octanol–water partition coefficient (Wildman–Crippen LogP) is 1.30. The van der Waals surface area contributed by atoms with Gasteiger partial charge in [-0.25, -0.2) is 0 Å². The number of amides is 1. The molecule has 1 amide bonds. The molecule has 3 saturated heterocycles. The minimum atomic E-state index is -0.808. The highest BCUT2D eigenvalue weighted by atomic mass is 16.5. The van der Waals surface area contributed by atoms with E-state index in [1.165, 1.54) is 0 Å². The van der Waals surface area contributed by atoms with Crippen LogP contribution >= 0.6 is 0 Å². The summed E-state index contributed by atoms with van der Waals surface area (Å²) in [4.78, 5) is 25.8. The molecule has 7 nitrogen and oxygen atoms in total. The van der Waals surface area contributed by atoms with E-state index in [1.54, 1.807) is 13.2 Å². The van der Waals surface area contributed by atoms with Crippen molar-refractivity contribution in [2.45, 2.75) is 31.5 Å². The Morgan fingerprint density at radius 3 is 3.00 bits per heavy atom. The first-order chi connectivity index (χ1) is 12.9. The number of ether oxygens (including phenoxy) is 2. The number of nitrogens with one attached hydrogen (secondary N) is 1. The van der Waals surface area contributed by atoms with Crippen LogP contribution in [0.15, 0.2) is 18.2 Å². The van der Waals surface area contributed by atoms with Crippen molar-refractivity contribution >= 4 is 11.9 Å². The van der Waals surface area contributed by atoms with Gasteiger partial charge in [-0.2, -0.15) is 0 Å². The number of carboxylic acid groups (broad SMARTS) is 1. The first kappa shape index (κ1) is 18.3. The Balaban J connectivity index is 1.44. The number of carboxylic acids is 1. The molecule has 0 unspecified atom stereocenters. The number of likely N-dealkylation sites (tertiary alicyclic amines) is 1. The maximum absolute atomic E-state index is 12.7. The Bertz CT molecular complexity index is 767. The van der Waals surface area contributed by atoms with Crippen molar-refractivity contribution < 1.29 is 24.2 Å². The summed E-state index contributed by atoms with van der Waals surface area (Å²) in [6.45, 7) is 3.92. The van der Waals surface area contributed by atoms with Crippen LogP contribution in [0.4, 0.5) is 0 Å². The summed E-state index contributed by atoms with van der Waals surface area (Å²) < 4.78 is 11.6. The van der Waals surface area contributed by atoms with E-state index in [1.807, 2.05) is 24.0 Å². The first-order valence-electron chi connectivity index (χ1n) is 9.47. The molecule has 4 rings (SSSR count). The summed E-state index contributed by atoms with van der Waals surface area (Å²) in [7, 11) is 1.56. The fourth-order valence-electron chi connectivity index (χ4n) is 5.18. The van der Waals surface area contributed by atoms with E-state index < -0.39 is 5.97 Å². The number of fused-ring (bicyclic) bond motifs is 1. The highest BCUT2D eigenvalue weighted by Gasteiger charge is 2.62. The van der Waals surface area contributed by atoms with Crippen molar-refractivity contribution in [3.63, 3.8) is 0 Å². The van der Waals surface area contributed by atoms with Gasteiger partial charge in [0, 0.05) is 31.5 Å². The number of carbonyl (C=O) groups excluding carboxylic acids is 1. The van der Waals surface area contributed by atoms with Crippen LogP contribution in [0.3, 0.4) is 0 Å². The molecule has 0 saturated carbocycles. The molecular formula is C20H26N2O5. The van der Waals surface area contributed by atoms with Gasteiger partial charge in [-0.3, -0.25) is 14.5 Å². The van der Waals surface area contributed by atoms with Gasteiger partial charge >= 0.3 is 5.97 Å². The molecule has 2 bridgehead atoms. The molecule has 3 heterocycles. The third-order valence-electron chi connectivity index (χ3n) is 6.31. The molecule has 3 aliphatic heterocycles. The number of rotatable bonds is 6. The van der Waals surface area contributed by atoms with Crippen LogP contribution in [0, 0.1) is 18.8 Å². The lowest BCUT2D eigenvalue weighted by Crippen LogP contribution is -2.42. The van der Waals surface area contributed by atoms with Crippen molar-refractivity contribution in [3.05, 3.63) is 29.3 Å². The number of methoxy groups -OCH3 is 1. The van der Waals surface area contributed by atoms with E-state index in [-0.39, 0.29) is 36.0 Å². The van der Waals surface area contributed by atoms with Gasteiger partial charge in [0.1, 0.15) is 5.75 Å². The van der Waals surface area contributed by atoms with Gasteiger partial charge in [-0.1, -0.05) is 11.6 Å². The summed E-state index contributed by atoms with van der Waals surface area (Å²) >= 11 is 0. The van der Waals surface area contributed by atoms with Crippen LogP contribution < -0.4 is 10.1 Å². The topological polar surface area (TPSA) is 88.1 Å². The molecule has 3 aliphatic rings. The molecule has 0 aromatic heterocycles. The van der Waals surface area contributed by atoms with Gasteiger partial charge in [0.2, 0.25) is 0 Å². The fraction of sp³-hybridized carbons (Fsp3) is 0.600. The monoisotopic (exact) mass is 374 g/mol. The lowest BCUT2D eigenvalue weighted by atomic mass is 9.73. The van der Waals surface area contributed by atoms with Crippen molar-refractivity contribution in [3.8, 4) is 5.75 Å². The third-order valence-corrected chi connectivity index (χ3v) is 6.31. The van der Waals surface area contributed by atoms with Crippen LogP contribution in [-0.4, -0.2) is 66.9 Å². The molecule has 146 valence electrons. The van der Waals surface area contributed by atoms with Gasteiger partial charge in [0.15, 0.2) is 0 Å². The molecule has 0 radical (unpaired) electrons. The summed E-state index contributed by atoms with van der Waals surface area (Å²) in [5.41, 5.74) is 1.31. The summed E-state index contributed by atoms with van der Waals surface area (Å²) in [6.07, 6.45) is 2.11. The fourth-order valence-corrected chi connectivity index (χ4v) is 5.18. The summed E-state index contributed by atoms with van der Waals surface area (Å²) in [6, 6.07) is 5.55. The zero-order valence-electron chi connectivity index (χ0n) is 15.7. The summed E-state index contributed by atoms with van der Waals surface area (Å²) in [5.74, 6) is 0.102. The second-order valence-electron chi connectivity index (χ2n) is 8.01. The molecule has 1 aromatic carbocycles. The molecule has 4 atom stereocenters. The second-order valence-corrected chi connectivity index (χ2v) is 8.01. The Labute approximate surface area is 158 Å². The molecule has 1 aromatic rings. The Hall–Kier alpha value is -2.12. The van der Waals surface area contributed by atoms with E-state index in [0.717, 1.165) is 24.9 Å². The first-order valence-corrected chi connectivity index (χ1v) is 9.47. The van der Waals surface area contributed by atoms with Crippen molar-refractivity contribution in [1.29, 1.82) is 0 Å². The van der Waals surface area contributed by atoms with Crippen molar-refractivity contribution in [2.75, 3.05) is 33.3 Å². The number of hydrogen-bond acceptors (Lipinski definition) is 5. The number of aryl methyl sites for hydroxylation is 1. The average Bonchev–Trinajstić information content (AvgIpc) is 3.26. The molecule has 2 N–H and O–H groups in total. The lowest BCUT2D eigenvalue weighted by molar-refractivity contribution is -0.138. The highest BCUT2D eigenvalue weighted by molar-refractivity contribution is 5.97. The minimum Gasteiger partial charge on any atom is -0.496 e.